The van der Waals surface area contributed by atoms with Gasteiger partial charge < -0.3 is 4.42 Å². The highest BCUT2D eigenvalue weighted by molar-refractivity contribution is 5.81. The minimum atomic E-state index is -4.34. The SMILES string of the molecule is C/C(=C/c1ccc(N(c2ccc(/C=C(\C)c3ccccc3)cc2)c2ccco2)cc1)C(F)(F)F. The Morgan fingerprint density at radius 3 is 1.76 bits per heavy atom. The van der Waals surface area contributed by atoms with Crippen LogP contribution < -0.4 is 4.90 Å². The second-order valence-electron chi connectivity index (χ2n) is 7.99. The van der Waals surface area contributed by atoms with Crippen molar-refractivity contribution in [1.29, 1.82) is 0 Å². The minimum Gasteiger partial charge on any atom is -0.448 e. The number of hydrogen-bond donors (Lipinski definition) is 0. The topological polar surface area (TPSA) is 16.4 Å². The fourth-order valence-corrected chi connectivity index (χ4v) is 3.61. The van der Waals surface area contributed by atoms with Gasteiger partial charge in [0.25, 0.3) is 0 Å². The molecule has 0 amide bonds. The van der Waals surface area contributed by atoms with Gasteiger partial charge in [-0.25, -0.2) is 0 Å². The Hall–Kier alpha value is -3.99. The first kappa shape index (κ1) is 23.2. The third kappa shape index (κ3) is 5.49. The Balaban J connectivity index is 1.63. The summed E-state index contributed by atoms with van der Waals surface area (Å²) in [6.45, 7) is 3.15. The molecular formula is C29H24F3NO. The molecule has 0 aliphatic rings. The molecule has 0 unspecified atom stereocenters. The Kier molecular flexibility index (Phi) is 6.73. The van der Waals surface area contributed by atoms with Gasteiger partial charge in [-0.05, 0) is 72.5 Å². The van der Waals surface area contributed by atoms with Crippen LogP contribution in [0.3, 0.4) is 0 Å². The molecule has 0 atom stereocenters. The van der Waals surface area contributed by atoms with Crippen LogP contribution in [0.5, 0.6) is 0 Å². The average molecular weight is 460 g/mol. The first-order valence-corrected chi connectivity index (χ1v) is 10.8. The van der Waals surface area contributed by atoms with Gasteiger partial charge >= 0.3 is 6.18 Å². The molecule has 5 heteroatoms. The van der Waals surface area contributed by atoms with E-state index in [4.69, 9.17) is 4.42 Å². The van der Waals surface area contributed by atoms with Crippen molar-refractivity contribution < 1.29 is 17.6 Å². The van der Waals surface area contributed by atoms with Gasteiger partial charge in [0.05, 0.1) is 6.26 Å². The zero-order chi connectivity index (χ0) is 24.1. The summed E-state index contributed by atoms with van der Waals surface area (Å²) in [4.78, 5) is 1.92. The lowest BCUT2D eigenvalue weighted by Crippen LogP contribution is -2.09. The van der Waals surface area contributed by atoms with Gasteiger partial charge in [-0.1, -0.05) is 60.7 Å². The van der Waals surface area contributed by atoms with Gasteiger partial charge in [0.2, 0.25) is 5.88 Å². The van der Waals surface area contributed by atoms with E-state index in [1.807, 2.05) is 53.4 Å². The van der Waals surface area contributed by atoms with E-state index in [1.165, 1.54) is 5.56 Å². The maximum Gasteiger partial charge on any atom is 0.412 e. The molecule has 0 spiro atoms. The van der Waals surface area contributed by atoms with Gasteiger partial charge in [0, 0.05) is 23.0 Å². The summed E-state index contributed by atoms with van der Waals surface area (Å²) in [5.41, 5.74) is 4.88. The summed E-state index contributed by atoms with van der Waals surface area (Å²) in [5, 5.41) is 0. The molecule has 1 aromatic heterocycles. The molecule has 0 aliphatic carbocycles. The highest BCUT2D eigenvalue weighted by Crippen LogP contribution is 2.35. The van der Waals surface area contributed by atoms with Crippen molar-refractivity contribution >= 4 is 35.0 Å². The smallest absolute Gasteiger partial charge is 0.412 e. The summed E-state index contributed by atoms with van der Waals surface area (Å²) in [6, 6.07) is 28.8. The molecule has 34 heavy (non-hydrogen) atoms. The zero-order valence-electron chi connectivity index (χ0n) is 18.9. The molecule has 4 aromatic rings. The van der Waals surface area contributed by atoms with Crippen LogP contribution in [0.25, 0.3) is 17.7 Å². The number of hydrogen-bond acceptors (Lipinski definition) is 2. The summed E-state index contributed by atoms with van der Waals surface area (Å²) < 4.78 is 44.2. The van der Waals surface area contributed by atoms with Crippen LogP contribution in [0.15, 0.2) is 107 Å². The maximum absolute atomic E-state index is 12.9. The third-order valence-electron chi connectivity index (χ3n) is 5.47. The van der Waals surface area contributed by atoms with Crippen LogP contribution in [0, 0.1) is 0 Å². The van der Waals surface area contributed by atoms with E-state index in [0.717, 1.165) is 35.5 Å². The summed E-state index contributed by atoms with van der Waals surface area (Å²) in [5.74, 6) is 0.610. The van der Waals surface area contributed by atoms with Crippen LogP contribution in [0.1, 0.15) is 30.5 Å². The average Bonchev–Trinajstić information content (AvgIpc) is 3.36. The normalized spacial score (nSPS) is 12.6. The van der Waals surface area contributed by atoms with Crippen molar-refractivity contribution in [3.63, 3.8) is 0 Å². The summed E-state index contributed by atoms with van der Waals surface area (Å²) in [7, 11) is 0. The molecule has 0 saturated heterocycles. The van der Waals surface area contributed by atoms with Crippen LogP contribution >= 0.6 is 0 Å². The van der Waals surface area contributed by atoms with Gasteiger partial charge in [0.1, 0.15) is 0 Å². The van der Waals surface area contributed by atoms with E-state index in [1.54, 1.807) is 36.6 Å². The zero-order valence-corrected chi connectivity index (χ0v) is 18.9. The van der Waals surface area contributed by atoms with E-state index in [2.05, 4.69) is 25.1 Å². The maximum atomic E-state index is 12.9. The van der Waals surface area contributed by atoms with Crippen LogP contribution in [-0.2, 0) is 0 Å². The second-order valence-corrected chi connectivity index (χ2v) is 7.99. The number of anilines is 3. The molecule has 0 N–H and O–H groups in total. The third-order valence-corrected chi connectivity index (χ3v) is 5.47. The fourth-order valence-electron chi connectivity index (χ4n) is 3.61. The van der Waals surface area contributed by atoms with Gasteiger partial charge in [-0.15, -0.1) is 0 Å². The van der Waals surface area contributed by atoms with Crippen molar-refractivity contribution in [2.24, 2.45) is 0 Å². The molecule has 4 rings (SSSR count). The van der Waals surface area contributed by atoms with Crippen molar-refractivity contribution in [1.82, 2.24) is 0 Å². The van der Waals surface area contributed by atoms with Gasteiger partial charge in [0.15, 0.2) is 0 Å². The monoisotopic (exact) mass is 459 g/mol. The largest absolute Gasteiger partial charge is 0.448 e. The van der Waals surface area contributed by atoms with Crippen LogP contribution in [0.2, 0.25) is 0 Å². The van der Waals surface area contributed by atoms with E-state index in [-0.39, 0.29) is 0 Å². The number of nitrogens with zero attached hydrogens (tertiary/aromatic N) is 1. The fraction of sp³-hybridized carbons (Fsp3) is 0.103. The quantitative estimate of drug-likeness (QED) is 0.267. The van der Waals surface area contributed by atoms with Gasteiger partial charge in [-0.2, -0.15) is 13.2 Å². The van der Waals surface area contributed by atoms with Crippen molar-refractivity contribution in [3.05, 3.63) is 120 Å². The van der Waals surface area contributed by atoms with Crippen LogP contribution in [-0.4, -0.2) is 6.18 Å². The molecular weight excluding hydrogens is 435 g/mol. The number of halogens is 3. The van der Waals surface area contributed by atoms with Crippen molar-refractivity contribution in [2.75, 3.05) is 4.90 Å². The number of benzene rings is 3. The standard InChI is InChI=1S/C29H24F3NO/c1-21(25-7-4-3-5-8-25)19-23-10-14-26(15-11-23)33(28-9-6-18-34-28)27-16-12-24(13-17-27)20-22(2)29(30,31)32/h3-20H,1-2H3/b21-19+,22-20-. The Morgan fingerprint density at radius 1 is 0.706 bits per heavy atom. The number of furan rings is 1. The second kappa shape index (κ2) is 9.87. The van der Waals surface area contributed by atoms with Crippen molar-refractivity contribution in [2.45, 2.75) is 20.0 Å². The molecule has 0 bridgehead atoms. The van der Waals surface area contributed by atoms with E-state index < -0.39 is 11.7 Å². The molecule has 172 valence electrons. The summed E-state index contributed by atoms with van der Waals surface area (Å²) in [6.07, 6.45) is 0.512. The van der Waals surface area contributed by atoms with Crippen molar-refractivity contribution in [3.8, 4) is 0 Å². The molecule has 2 nitrogen and oxygen atoms in total. The lowest BCUT2D eigenvalue weighted by atomic mass is 10.0. The van der Waals surface area contributed by atoms with E-state index >= 15 is 0 Å². The molecule has 0 aliphatic heterocycles. The molecule has 3 aromatic carbocycles. The molecule has 0 fully saturated rings. The highest BCUT2D eigenvalue weighted by atomic mass is 19.4. The Bertz CT molecular complexity index is 1270. The predicted molar refractivity (Wildman–Crippen MR) is 133 cm³/mol. The Labute approximate surface area is 197 Å². The minimum absolute atomic E-state index is 0.481. The number of allylic oxidation sites excluding steroid dienone is 2. The lowest BCUT2D eigenvalue weighted by Gasteiger charge is -2.22. The first-order chi connectivity index (χ1) is 16.3. The van der Waals surface area contributed by atoms with Gasteiger partial charge in [-0.3, -0.25) is 4.90 Å². The van der Waals surface area contributed by atoms with E-state index in [9.17, 15) is 13.2 Å². The first-order valence-electron chi connectivity index (χ1n) is 10.8. The molecule has 0 saturated carbocycles. The number of alkyl halides is 3. The lowest BCUT2D eigenvalue weighted by molar-refractivity contribution is -0.0903. The highest BCUT2D eigenvalue weighted by Gasteiger charge is 2.29. The molecule has 0 radical (unpaired) electrons. The molecule has 1 heterocycles. The Morgan fingerprint density at radius 2 is 1.26 bits per heavy atom. The predicted octanol–water partition coefficient (Wildman–Crippen LogP) is 9.28. The van der Waals surface area contributed by atoms with Crippen LogP contribution in [0.4, 0.5) is 30.4 Å². The summed E-state index contributed by atoms with van der Waals surface area (Å²) >= 11 is 0. The van der Waals surface area contributed by atoms with E-state index in [0.29, 0.717) is 11.4 Å². The number of rotatable bonds is 6.